The number of morpholine rings is 1. The summed E-state index contributed by atoms with van der Waals surface area (Å²) in [4.78, 5) is 29.3. The van der Waals surface area contributed by atoms with Gasteiger partial charge in [0, 0.05) is 43.7 Å². The Morgan fingerprint density at radius 2 is 1.78 bits per heavy atom. The van der Waals surface area contributed by atoms with Crippen LogP contribution in [0.2, 0.25) is 0 Å². The average molecular weight is 374 g/mol. The lowest BCUT2D eigenvalue weighted by atomic mass is 9.87. The molecule has 3 heterocycles. The van der Waals surface area contributed by atoms with Crippen LogP contribution in [0, 0.1) is 5.92 Å². The fraction of sp³-hybridized carbons (Fsp3) is 0.750. The summed E-state index contributed by atoms with van der Waals surface area (Å²) in [6.07, 6.45) is 7.75. The number of nitrogens with one attached hydrogen (secondary N) is 1. The third-order valence-electron chi connectivity index (χ3n) is 6.24. The first-order valence-electron chi connectivity index (χ1n) is 10.4. The molecule has 1 aliphatic carbocycles. The molecule has 0 spiro atoms. The number of aromatic nitrogens is 2. The molecule has 0 unspecified atom stereocenters. The van der Waals surface area contributed by atoms with Crippen LogP contribution < -0.4 is 0 Å². The highest BCUT2D eigenvalue weighted by Crippen LogP contribution is 2.30. The van der Waals surface area contributed by atoms with Crippen molar-refractivity contribution in [1.29, 1.82) is 0 Å². The Morgan fingerprint density at radius 3 is 2.56 bits per heavy atom. The summed E-state index contributed by atoms with van der Waals surface area (Å²) < 4.78 is 5.31. The Morgan fingerprint density at radius 1 is 1.00 bits per heavy atom. The van der Waals surface area contributed by atoms with Crippen molar-refractivity contribution < 1.29 is 14.3 Å². The summed E-state index contributed by atoms with van der Waals surface area (Å²) in [6, 6.07) is 1.89. The smallest absolute Gasteiger partial charge is 0.274 e. The zero-order chi connectivity index (χ0) is 18.6. The van der Waals surface area contributed by atoms with Gasteiger partial charge in [0.2, 0.25) is 5.91 Å². The van der Waals surface area contributed by atoms with Gasteiger partial charge in [-0.1, -0.05) is 19.3 Å². The molecule has 4 rings (SSSR count). The van der Waals surface area contributed by atoms with Crippen LogP contribution in [0.3, 0.4) is 0 Å². The number of piperidine rings is 1. The van der Waals surface area contributed by atoms with E-state index in [0.717, 1.165) is 44.5 Å². The minimum absolute atomic E-state index is 0.0354. The number of hydrogen-bond donors (Lipinski definition) is 1. The molecule has 0 aromatic carbocycles. The second-order valence-electron chi connectivity index (χ2n) is 8.07. The van der Waals surface area contributed by atoms with Crippen molar-refractivity contribution in [3.8, 4) is 0 Å². The van der Waals surface area contributed by atoms with Gasteiger partial charge in [-0.2, -0.15) is 5.10 Å². The molecule has 1 aromatic heterocycles. The van der Waals surface area contributed by atoms with E-state index in [-0.39, 0.29) is 17.7 Å². The van der Waals surface area contributed by atoms with E-state index in [1.807, 2.05) is 6.07 Å². The largest absolute Gasteiger partial charge is 0.378 e. The number of carbonyl (C=O) groups is 2. The van der Waals surface area contributed by atoms with Crippen LogP contribution in [0.5, 0.6) is 0 Å². The highest BCUT2D eigenvalue weighted by molar-refractivity contribution is 5.92. The SMILES string of the molecule is O=C(c1cc([C@H]2CCCN(C(=O)C3CCCCC3)C2)[nH]n1)N1CCOCC1. The topological polar surface area (TPSA) is 78.5 Å². The zero-order valence-corrected chi connectivity index (χ0v) is 16.0. The molecule has 1 atom stereocenters. The molecule has 3 aliphatic rings. The van der Waals surface area contributed by atoms with E-state index < -0.39 is 0 Å². The fourth-order valence-electron chi connectivity index (χ4n) is 4.62. The minimum atomic E-state index is -0.0354. The first-order chi connectivity index (χ1) is 13.2. The van der Waals surface area contributed by atoms with Crippen LogP contribution in [0.1, 0.15) is 67.0 Å². The van der Waals surface area contributed by atoms with Crippen molar-refractivity contribution in [1.82, 2.24) is 20.0 Å². The third-order valence-corrected chi connectivity index (χ3v) is 6.24. The molecule has 2 amide bonds. The van der Waals surface area contributed by atoms with E-state index in [1.165, 1.54) is 19.3 Å². The molecule has 1 saturated carbocycles. The molecule has 3 fully saturated rings. The van der Waals surface area contributed by atoms with E-state index >= 15 is 0 Å². The summed E-state index contributed by atoms with van der Waals surface area (Å²) >= 11 is 0. The van der Waals surface area contributed by atoms with Crippen molar-refractivity contribution in [3.05, 3.63) is 17.5 Å². The van der Waals surface area contributed by atoms with Crippen LogP contribution in [-0.2, 0) is 9.53 Å². The second kappa shape index (κ2) is 8.42. The molecular formula is C20H30N4O3. The van der Waals surface area contributed by atoms with Gasteiger partial charge in [0.25, 0.3) is 5.91 Å². The standard InChI is InChI=1S/C20H30N4O3/c25-19(15-5-2-1-3-6-15)24-8-4-7-16(14-24)17-13-18(22-21-17)20(26)23-9-11-27-12-10-23/h13,15-16H,1-12,14H2,(H,21,22)/t16-/m0/s1. The maximum absolute atomic E-state index is 12.9. The van der Waals surface area contributed by atoms with E-state index in [1.54, 1.807) is 4.90 Å². The number of likely N-dealkylation sites (tertiary alicyclic amines) is 1. The Kier molecular flexibility index (Phi) is 5.76. The van der Waals surface area contributed by atoms with Gasteiger partial charge in [0.1, 0.15) is 5.69 Å². The number of aromatic amines is 1. The van der Waals surface area contributed by atoms with Crippen molar-refractivity contribution in [2.75, 3.05) is 39.4 Å². The van der Waals surface area contributed by atoms with Gasteiger partial charge >= 0.3 is 0 Å². The van der Waals surface area contributed by atoms with Gasteiger partial charge in [0.15, 0.2) is 0 Å². The molecule has 0 radical (unpaired) electrons. The number of ether oxygens (including phenoxy) is 1. The first-order valence-corrected chi connectivity index (χ1v) is 10.4. The maximum atomic E-state index is 12.9. The molecule has 27 heavy (non-hydrogen) atoms. The lowest BCUT2D eigenvalue weighted by Crippen LogP contribution is -2.42. The Labute approximate surface area is 160 Å². The predicted octanol–water partition coefficient (Wildman–Crippen LogP) is 2.17. The molecule has 7 heteroatoms. The fourth-order valence-corrected chi connectivity index (χ4v) is 4.62. The van der Waals surface area contributed by atoms with Crippen LogP contribution in [-0.4, -0.2) is 71.2 Å². The summed E-state index contributed by atoms with van der Waals surface area (Å²) in [7, 11) is 0. The number of rotatable bonds is 3. The lowest BCUT2D eigenvalue weighted by molar-refractivity contribution is -0.137. The predicted molar refractivity (Wildman–Crippen MR) is 100 cm³/mol. The molecule has 1 N–H and O–H groups in total. The highest BCUT2D eigenvalue weighted by atomic mass is 16.5. The van der Waals surface area contributed by atoms with Crippen LogP contribution in [0.25, 0.3) is 0 Å². The van der Waals surface area contributed by atoms with Crippen molar-refractivity contribution >= 4 is 11.8 Å². The number of H-pyrrole nitrogens is 1. The van der Waals surface area contributed by atoms with Crippen LogP contribution >= 0.6 is 0 Å². The van der Waals surface area contributed by atoms with Gasteiger partial charge in [-0.15, -0.1) is 0 Å². The van der Waals surface area contributed by atoms with E-state index in [2.05, 4.69) is 15.1 Å². The van der Waals surface area contributed by atoms with Gasteiger partial charge in [0.05, 0.1) is 13.2 Å². The van der Waals surface area contributed by atoms with E-state index in [9.17, 15) is 9.59 Å². The second-order valence-corrected chi connectivity index (χ2v) is 8.07. The molecular weight excluding hydrogens is 344 g/mol. The Balaban J connectivity index is 1.39. The molecule has 2 aliphatic heterocycles. The first kappa shape index (κ1) is 18.5. The summed E-state index contributed by atoms with van der Waals surface area (Å²) in [5.74, 6) is 0.762. The van der Waals surface area contributed by atoms with Crippen LogP contribution in [0.4, 0.5) is 0 Å². The maximum Gasteiger partial charge on any atom is 0.274 e. The average Bonchev–Trinajstić information content (AvgIpc) is 3.24. The van der Waals surface area contributed by atoms with Gasteiger partial charge in [-0.05, 0) is 31.7 Å². The number of hydrogen-bond acceptors (Lipinski definition) is 4. The third kappa shape index (κ3) is 4.18. The quantitative estimate of drug-likeness (QED) is 0.879. The molecule has 148 valence electrons. The number of nitrogens with zero attached hydrogens (tertiary/aromatic N) is 3. The minimum Gasteiger partial charge on any atom is -0.378 e. The summed E-state index contributed by atoms with van der Waals surface area (Å²) in [5.41, 5.74) is 1.45. The molecule has 1 aromatic rings. The van der Waals surface area contributed by atoms with Crippen molar-refractivity contribution in [2.45, 2.75) is 50.9 Å². The molecule has 7 nitrogen and oxygen atoms in total. The van der Waals surface area contributed by atoms with E-state index in [4.69, 9.17) is 4.74 Å². The van der Waals surface area contributed by atoms with Crippen molar-refractivity contribution in [2.24, 2.45) is 5.92 Å². The Hall–Kier alpha value is -1.89. The van der Waals surface area contributed by atoms with E-state index in [0.29, 0.717) is 37.9 Å². The van der Waals surface area contributed by atoms with Gasteiger partial charge in [-0.25, -0.2) is 0 Å². The highest BCUT2D eigenvalue weighted by Gasteiger charge is 2.31. The normalized spacial score (nSPS) is 24.8. The summed E-state index contributed by atoms with van der Waals surface area (Å²) in [6.45, 7) is 4.01. The lowest BCUT2D eigenvalue weighted by Gasteiger charge is -2.35. The Bertz CT molecular complexity index is 662. The van der Waals surface area contributed by atoms with Crippen molar-refractivity contribution in [3.63, 3.8) is 0 Å². The number of carbonyl (C=O) groups excluding carboxylic acids is 2. The molecule has 2 saturated heterocycles. The zero-order valence-electron chi connectivity index (χ0n) is 16.0. The van der Waals surface area contributed by atoms with Crippen LogP contribution in [0.15, 0.2) is 6.07 Å². The summed E-state index contributed by atoms with van der Waals surface area (Å²) in [5, 5.41) is 7.33. The number of amides is 2. The van der Waals surface area contributed by atoms with Gasteiger partial charge in [-0.3, -0.25) is 14.7 Å². The molecule has 0 bridgehead atoms. The monoisotopic (exact) mass is 374 g/mol. The van der Waals surface area contributed by atoms with Gasteiger partial charge < -0.3 is 14.5 Å².